The average Bonchev–Trinajstić information content (AvgIpc) is 3.34. The highest BCUT2D eigenvalue weighted by atomic mass is 32.1. The second-order valence-corrected chi connectivity index (χ2v) is 8.99. The minimum absolute atomic E-state index is 0.144. The zero-order chi connectivity index (χ0) is 18.5. The summed E-state index contributed by atoms with van der Waals surface area (Å²) in [6.07, 6.45) is 0. The number of carbonyl (C=O) groups excluding carboxylic acids is 1. The number of thiazole rings is 1. The summed E-state index contributed by atoms with van der Waals surface area (Å²) in [6, 6.07) is 14.6. The van der Waals surface area contributed by atoms with Gasteiger partial charge >= 0.3 is 0 Å². The summed E-state index contributed by atoms with van der Waals surface area (Å²) in [5.41, 5.74) is 4.31. The van der Waals surface area contributed by atoms with Gasteiger partial charge in [-0.1, -0.05) is 24.3 Å². The number of rotatable bonds is 2. The van der Waals surface area contributed by atoms with Gasteiger partial charge in [-0.2, -0.15) is 0 Å². The molecule has 3 aromatic rings. The molecule has 0 radical (unpaired) electrons. The lowest BCUT2D eigenvalue weighted by Gasteiger charge is -2.29. The van der Waals surface area contributed by atoms with Gasteiger partial charge in [0.15, 0.2) is 0 Å². The first kappa shape index (κ1) is 16.9. The molecule has 2 fully saturated rings. The molecule has 1 amide bonds. The summed E-state index contributed by atoms with van der Waals surface area (Å²) in [5, 5.41) is 4.56. The lowest BCUT2D eigenvalue weighted by molar-refractivity contribution is 0.0714. The molecule has 0 bridgehead atoms. The van der Waals surface area contributed by atoms with Crippen LogP contribution in [0.3, 0.4) is 0 Å². The zero-order valence-corrected chi connectivity index (χ0v) is 16.4. The van der Waals surface area contributed by atoms with E-state index in [1.54, 1.807) is 11.3 Å². The number of nitrogens with zero attached hydrogens (tertiary/aromatic N) is 2. The van der Waals surface area contributed by atoms with Crippen LogP contribution in [0.5, 0.6) is 0 Å². The second-order valence-electron chi connectivity index (χ2n) is 7.76. The minimum Gasteiger partial charge on any atom is -0.331 e. The van der Waals surface area contributed by atoms with E-state index in [1.165, 1.54) is 11.1 Å². The van der Waals surface area contributed by atoms with E-state index < -0.39 is 0 Å². The van der Waals surface area contributed by atoms with Crippen molar-refractivity contribution in [2.24, 2.45) is 11.8 Å². The maximum atomic E-state index is 13.5. The van der Waals surface area contributed by atoms with Crippen LogP contribution in [-0.4, -0.2) is 35.4 Å². The van der Waals surface area contributed by atoms with Crippen LogP contribution >= 0.6 is 11.3 Å². The second kappa shape index (κ2) is 6.43. The van der Waals surface area contributed by atoms with E-state index >= 15 is 0 Å². The Balaban J connectivity index is 1.54. The molecule has 2 aromatic carbocycles. The third kappa shape index (κ3) is 2.77. The van der Waals surface area contributed by atoms with Crippen LogP contribution in [0.4, 0.5) is 0 Å². The first-order valence-electron chi connectivity index (χ1n) is 9.56. The van der Waals surface area contributed by atoms with Gasteiger partial charge in [0, 0.05) is 31.1 Å². The van der Waals surface area contributed by atoms with Crippen molar-refractivity contribution in [1.82, 2.24) is 15.2 Å². The summed E-state index contributed by atoms with van der Waals surface area (Å²) in [7, 11) is 0. The van der Waals surface area contributed by atoms with Gasteiger partial charge < -0.3 is 10.2 Å². The first-order chi connectivity index (χ1) is 13.1. The number of carbonyl (C=O) groups is 1. The Hall–Kier alpha value is -2.24. The fourth-order valence-corrected chi connectivity index (χ4v) is 5.65. The van der Waals surface area contributed by atoms with Crippen molar-refractivity contribution in [1.29, 1.82) is 0 Å². The van der Waals surface area contributed by atoms with Crippen LogP contribution in [0, 0.1) is 25.7 Å². The number of benzene rings is 2. The third-order valence-corrected chi connectivity index (χ3v) is 7.01. The highest BCUT2D eigenvalue weighted by Gasteiger charge is 2.47. The molecule has 4 nitrogen and oxygen atoms in total. The molecule has 1 N–H and O–H groups in total. The molecule has 5 rings (SSSR count). The molecule has 0 saturated carbocycles. The number of hydrogen-bond donors (Lipinski definition) is 1. The van der Waals surface area contributed by atoms with E-state index in [4.69, 9.17) is 0 Å². The van der Waals surface area contributed by atoms with Gasteiger partial charge in [0.05, 0.1) is 21.3 Å². The van der Waals surface area contributed by atoms with E-state index in [1.807, 2.05) is 25.1 Å². The number of amides is 1. The highest BCUT2D eigenvalue weighted by Crippen LogP contribution is 2.44. The molecule has 138 valence electrons. The largest absolute Gasteiger partial charge is 0.331 e. The van der Waals surface area contributed by atoms with Gasteiger partial charge in [-0.15, -0.1) is 11.3 Å². The Morgan fingerprint density at radius 2 is 2.04 bits per heavy atom. The summed E-state index contributed by atoms with van der Waals surface area (Å²) in [5.74, 6) is 1.17. The van der Waals surface area contributed by atoms with E-state index in [9.17, 15) is 4.79 Å². The van der Waals surface area contributed by atoms with Crippen LogP contribution < -0.4 is 5.32 Å². The maximum Gasteiger partial charge on any atom is 0.254 e. The molecule has 5 heteroatoms. The average molecular weight is 378 g/mol. The van der Waals surface area contributed by atoms with Crippen molar-refractivity contribution in [2.45, 2.75) is 19.9 Å². The summed E-state index contributed by atoms with van der Waals surface area (Å²) in [4.78, 5) is 20.1. The first-order valence-corrected chi connectivity index (χ1v) is 10.4. The quantitative estimate of drug-likeness (QED) is 0.736. The van der Waals surface area contributed by atoms with Crippen LogP contribution in [0.2, 0.25) is 0 Å². The van der Waals surface area contributed by atoms with Crippen molar-refractivity contribution in [3.05, 3.63) is 64.2 Å². The number of aromatic nitrogens is 1. The van der Waals surface area contributed by atoms with Gasteiger partial charge in [0.2, 0.25) is 0 Å². The molecule has 3 atom stereocenters. The zero-order valence-electron chi connectivity index (χ0n) is 15.6. The summed E-state index contributed by atoms with van der Waals surface area (Å²) >= 11 is 1.65. The molecule has 27 heavy (non-hydrogen) atoms. The lowest BCUT2D eigenvalue weighted by Crippen LogP contribution is -2.35. The standard InChI is InChI=1S/C22H23N3OS/c1-13-5-3-4-6-17(13)21-18-11-23-10-16(18)12-25(21)22(26)15-7-8-19-20(9-15)27-14(2)24-19/h3-9,16,18,21,23H,10-12H2,1-2H3/t16-,18-,21+/m0/s1. The van der Waals surface area contributed by atoms with Crippen molar-refractivity contribution < 1.29 is 4.79 Å². The topological polar surface area (TPSA) is 45.2 Å². The smallest absolute Gasteiger partial charge is 0.254 e. The highest BCUT2D eigenvalue weighted by molar-refractivity contribution is 7.18. The van der Waals surface area contributed by atoms with E-state index in [-0.39, 0.29) is 11.9 Å². The van der Waals surface area contributed by atoms with Crippen LogP contribution in [-0.2, 0) is 0 Å². The van der Waals surface area contributed by atoms with Crippen molar-refractivity contribution in [3.63, 3.8) is 0 Å². The molecular formula is C22H23N3OS. The molecule has 1 aromatic heterocycles. The van der Waals surface area contributed by atoms with Crippen molar-refractivity contribution in [2.75, 3.05) is 19.6 Å². The molecule has 2 aliphatic heterocycles. The number of likely N-dealkylation sites (tertiary alicyclic amines) is 1. The van der Waals surface area contributed by atoms with E-state index in [2.05, 4.69) is 46.4 Å². The fraction of sp³-hybridized carbons (Fsp3) is 0.364. The van der Waals surface area contributed by atoms with Gasteiger partial charge in [-0.3, -0.25) is 4.79 Å². The predicted molar refractivity (Wildman–Crippen MR) is 109 cm³/mol. The normalized spacial score (nSPS) is 24.5. The van der Waals surface area contributed by atoms with Crippen molar-refractivity contribution in [3.8, 4) is 0 Å². The van der Waals surface area contributed by atoms with Gasteiger partial charge in [0.25, 0.3) is 5.91 Å². The summed E-state index contributed by atoms with van der Waals surface area (Å²) < 4.78 is 1.09. The number of hydrogen-bond acceptors (Lipinski definition) is 4. The third-order valence-electron chi connectivity index (χ3n) is 6.07. The van der Waals surface area contributed by atoms with Gasteiger partial charge in [-0.05, 0) is 49.1 Å². The number of nitrogens with one attached hydrogen (secondary N) is 1. The molecule has 0 unspecified atom stereocenters. The Kier molecular flexibility index (Phi) is 4.02. The molecule has 0 aliphatic carbocycles. The Morgan fingerprint density at radius 1 is 1.19 bits per heavy atom. The minimum atomic E-state index is 0.144. The molecule has 0 spiro atoms. The lowest BCUT2D eigenvalue weighted by atomic mass is 9.87. The molecule has 3 heterocycles. The Labute approximate surface area is 163 Å². The van der Waals surface area contributed by atoms with Crippen LogP contribution in [0.1, 0.15) is 32.5 Å². The van der Waals surface area contributed by atoms with Crippen LogP contribution in [0.15, 0.2) is 42.5 Å². The molecule has 2 saturated heterocycles. The number of fused-ring (bicyclic) bond motifs is 2. The predicted octanol–water partition coefficient (Wildman–Crippen LogP) is 3.95. The van der Waals surface area contributed by atoms with Gasteiger partial charge in [0.1, 0.15) is 0 Å². The Morgan fingerprint density at radius 3 is 2.89 bits per heavy atom. The van der Waals surface area contributed by atoms with Crippen LogP contribution in [0.25, 0.3) is 10.2 Å². The SMILES string of the molecule is Cc1nc2ccc(C(=O)N3C[C@@H]4CNC[C@@H]4[C@H]3c3ccccc3C)cc2s1. The Bertz CT molecular complexity index is 1030. The molecular weight excluding hydrogens is 354 g/mol. The van der Waals surface area contributed by atoms with E-state index in [0.717, 1.165) is 40.4 Å². The van der Waals surface area contributed by atoms with Crippen molar-refractivity contribution >= 4 is 27.5 Å². The summed E-state index contributed by atoms with van der Waals surface area (Å²) in [6.45, 7) is 6.98. The van der Waals surface area contributed by atoms with Gasteiger partial charge in [-0.25, -0.2) is 4.98 Å². The maximum absolute atomic E-state index is 13.5. The monoisotopic (exact) mass is 377 g/mol. The van der Waals surface area contributed by atoms with E-state index in [0.29, 0.717) is 11.8 Å². The number of aryl methyl sites for hydroxylation is 2. The molecule has 2 aliphatic rings. The fourth-order valence-electron chi connectivity index (χ4n) is 4.79.